The molecule has 4 rings (SSSR count). The molecule has 1 fully saturated rings. The second kappa shape index (κ2) is 10.4. The summed E-state index contributed by atoms with van der Waals surface area (Å²) in [6, 6.07) is 5.95. The SMILES string of the molecule is CO[C@@H]1C(OC(=O)OC(c2ccccc2[N+](=O)[O-])C(C)(C)C)[C@H](n2cnc3c(=O)[nH]c(N)nc32)O[C@@H]1CO. The van der Waals surface area contributed by atoms with Crippen LogP contribution in [0.3, 0.4) is 0 Å². The van der Waals surface area contributed by atoms with Gasteiger partial charge in [0.15, 0.2) is 23.5 Å². The number of benzene rings is 1. The van der Waals surface area contributed by atoms with Crippen LogP contribution in [0.1, 0.15) is 38.7 Å². The van der Waals surface area contributed by atoms with Crippen LogP contribution in [0, 0.1) is 15.5 Å². The zero-order chi connectivity index (χ0) is 27.8. The first-order valence-corrected chi connectivity index (χ1v) is 11.6. The number of ether oxygens (including phenoxy) is 4. The van der Waals surface area contributed by atoms with E-state index in [1.54, 1.807) is 26.8 Å². The third kappa shape index (κ3) is 5.03. The molecule has 0 radical (unpaired) electrons. The van der Waals surface area contributed by atoms with E-state index in [9.17, 15) is 24.8 Å². The molecule has 0 spiro atoms. The quantitative estimate of drug-likeness (QED) is 0.226. The predicted octanol–water partition coefficient (Wildman–Crippen LogP) is 1.82. The Morgan fingerprint density at radius 1 is 1.34 bits per heavy atom. The van der Waals surface area contributed by atoms with Crippen LogP contribution in [-0.2, 0) is 18.9 Å². The standard InChI is InChI=1S/C23H28N6O9/c1-23(2,3)17(11-7-5-6-8-12(11)29(33)34)38-22(32)37-16-15(35-4)13(9-30)36-20(16)28-10-25-14-18(28)26-21(24)27-19(14)31/h5-8,10,13,15-17,20,30H,9H2,1-4H3,(H3,24,26,27,31)/t13-,15+,16?,17?,20-/m1/s1. The molecule has 38 heavy (non-hydrogen) atoms. The van der Waals surface area contributed by atoms with Crippen LogP contribution >= 0.6 is 0 Å². The average molecular weight is 533 g/mol. The Kier molecular flexibility index (Phi) is 7.35. The minimum atomic E-state index is -1.20. The van der Waals surface area contributed by atoms with Gasteiger partial charge in [0.2, 0.25) is 5.95 Å². The molecule has 0 aliphatic carbocycles. The van der Waals surface area contributed by atoms with Crippen molar-refractivity contribution in [2.75, 3.05) is 19.5 Å². The number of imidazole rings is 1. The van der Waals surface area contributed by atoms with Crippen molar-refractivity contribution in [1.82, 2.24) is 19.5 Å². The monoisotopic (exact) mass is 532 g/mol. The fraction of sp³-hybridized carbons (Fsp3) is 0.478. The van der Waals surface area contributed by atoms with Gasteiger partial charge >= 0.3 is 6.16 Å². The summed E-state index contributed by atoms with van der Waals surface area (Å²) >= 11 is 0. The molecule has 0 saturated carbocycles. The Labute approximate surface area is 215 Å². The van der Waals surface area contributed by atoms with Crippen molar-refractivity contribution < 1.29 is 33.8 Å². The summed E-state index contributed by atoms with van der Waals surface area (Å²) in [6.07, 6.45) is -5.16. The van der Waals surface area contributed by atoms with Crippen molar-refractivity contribution in [2.24, 2.45) is 5.41 Å². The zero-order valence-corrected chi connectivity index (χ0v) is 21.1. The number of nitro groups is 1. The molecule has 5 atom stereocenters. The Hall–Kier alpha value is -4.08. The van der Waals surface area contributed by atoms with Gasteiger partial charge in [0, 0.05) is 18.6 Å². The first-order valence-electron chi connectivity index (χ1n) is 11.6. The number of H-pyrrole nitrogens is 1. The van der Waals surface area contributed by atoms with Gasteiger partial charge in [-0.2, -0.15) is 4.98 Å². The maximum atomic E-state index is 13.2. The van der Waals surface area contributed by atoms with Gasteiger partial charge in [0.05, 0.1) is 23.4 Å². The van der Waals surface area contributed by atoms with Crippen molar-refractivity contribution in [3.05, 3.63) is 56.6 Å². The van der Waals surface area contributed by atoms with Crippen LogP contribution in [-0.4, -0.2) is 67.7 Å². The van der Waals surface area contributed by atoms with Crippen LogP contribution in [0.15, 0.2) is 35.4 Å². The average Bonchev–Trinajstić information content (AvgIpc) is 3.42. The second-order valence-corrected chi connectivity index (χ2v) is 9.74. The summed E-state index contributed by atoms with van der Waals surface area (Å²) in [5.74, 6) is -0.168. The smallest absolute Gasteiger partial charge is 0.425 e. The molecule has 4 N–H and O–H groups in total. The third-order valence-corrected chi connectivity index (χ3v) is 6.11. The highest BCUT2D eigenvalue weighted by atomic mass is 16.7. The van der Waals surface area contributed by atoms with Gasteiger partial charge in [0.1, 0.15) is 18.3 Å². The molecular formula is C23H28N6O9. The van der Waals surface area contributed by atoms with Crippen LogP contribution < -0.4 is 11.3 Å². The Morgan fingerprint density at radius 3 is 2.68 bits per heavy atom. The molecule has 0 bridgehead atoms. The molecule has 1 aliphatic heterocycles. The number of carbonyl (C=O) groups is 1. The molecule has 204 valence electrons. The van der Waals surface area contributed by atoms with Crippen molar-refractivity contribution in [2.45, 2.75) is 51.4 Å². The number of methoxy groups -OCH3 is 1. The third-order valence-electron chi connectivity index (χ3n) is 6.11. The lowest BCUT2D eigenvalue weighted by Crippen LogP contribution is -2.39. The molecule has 0 amide bonds. The van der Waals surface area contributed by atoms with Crippen LogP contribution in [0.25, 0.3) is 11.2 Å². The molecule has 2 unspecified atom stereocenters. The number of nitro benzene ring substituents is 1. The summed E-state index contributed by atoms with van der Waals surface area (Å²) in [5.41, 5.74) is 4.35. The van der Waals surface area contributed by atoms with Crippen molar-refractivity contribution in [1.29, 1.82) is 0 Å². The van der Waals surface area contributed by atoms with E-state index in [-0.39, 0.29) is 28.4 Å². The minimum absolute atomic E-state index is 0.0327. The fourth-order valence-electron chi connectivity index (χ4n) is 4.44. The number of aromatic amines is 1. The predicted molar refractivity (Wildman–Crippen MR) is 131 cm³/mol. The Balaban J connectivity index is 1.68. The summed E-state index contributed by atoms with van der Waals surface area (Å²) in [4.78, 5) is 47.0. The van der Waals surface area contributed by atoms with Crippen LogP contribution in [0.5, 0.6) is 0 Å². The highest BCUT2D eigenvalue weighted by molar-refractivity contribution is 5.70. The van der Waals surface area contributed by atoms with Crippen molar-refractivity contribution in [3.8, 4) is 0 Å². The van der Waals surface area contributed by atoms with Crippen molar-refractivity contribution in [3.63, 3.8) is 0 Å². The maximum absolute atomic E-state index is 13.2. The molecular weight excluding hydrogens is 504 g/mol. The highest BCUT2D eigenvalue weighted by Crippen LogP contribution is 2.41. The van der Waals surface area contributed by atoms with E-state index in [0.717, 1.165) is 0 Å². The number of aromatic nitrogens is 4. The van der Waals surface area contributed by atoms with E-state index in [2.05, 4.69) is 15.0 Å². The second-order valence-electron chi connectivity index (χ2n) is 9.74. The first-order chi connectivity index (χ1) is 18.0. The van der Waals surface area contributed by atoms with E-state index in [1.165, 1.54) is 36.2 Å². The number of anilines is 1. The number of para-hydroxylation sites is 1. The number of aliphatic hydroxyl groups is 1. The largest absolute Gasteiger partial charge is 0.509 e. The minimum Gasteiger partial charge on any atom is -0.425 e. The summed E-state index contributed by atoms with van der Waals surface area (Å²) in [7, 11) is 1.35. The van der Waals surface area contributed by atoms with E-state index in [4.69, 9.17) is 24.7 Å². The molecule has 15 heteroatoms. The lowest BCUT2D eigenvalue weighted by Gasteiger charge is -2.31. The number of nitrogens with zero attached hydrogens (tertiary/aromatic N) is 4. The molecule has 1 aliphatic rings. The normalized spacial score (nSPS) is 22.3. The topological polar surface area (TPSA) is 207 Å². The number of hydrogen-bond donors (Lipinski definition) is 3. The van der Waals surface area contributed by atoms with E-state index in [1.807, 2.05) is 0 Å². The van der Waals surface area contributed by atoms with Gasteiger partial charge in [-0.25, -0.2) is 9.78 Å². The van der Waals surface area contributed by atoms with Gasteiger partial charge in [-0.05, 0) is 6.07 Å². The van der Waals surface area contributed by atoms with E-state index < -0.39 is 59.3 Å². The molecule has 3 heterocycles. The summed E-state index contributed by atoms with van der Waals surface area (Å²) in [6.45, 7) is 4.80. The summed E-state index contributed by atoms with van der Waals surface area (Å²) in [5, 5.41) is 21.5. The number of hydrogen-bond acceptors (Lipinski definition) is 12. The van der Waals surface area contributed by atoms with E-state index in [0.29, 0.717) is 0 Å². The molecule has 1 saturated heterocycles. The number of nitrogen functional groups attached to an aromatic ring is 1. The summed E-state index contributed by atoms with van der Waals surface area (Å²) < 4.78 is 24.0. The van der Waals surface area contributed by atoms with Gasteiger partial charge in [-0.15, -0.1) is 0 Å². The number of rotatable bonds is 7. The van der Waals surface area contributed by atoms with Gasteiger partial charge in [-0.3, -0.25) is 24.5 Å². The lowest BCUT2D eigenvalue weighted by molar-refractivity contribution is -0.386. The maximum Gasteiger partial charge on any atom is 0.509 e. The first kappa shape index (κ1) is 27.0. The number of nitrogens with two attached hydrogens (primary N) is 1. The van der Waals surface area contributed by atoms with E-state index >= 15 is 0 Å². The fourth-order valence-corrected chi connectivity index (χ4v) is 4.44. The number of fused-ring (bicyclic) bond motifs is 1. The molecule has 15 nitrogen and oxygen atoms in total. The molecule has 2 aromatic heterocycles. The van der Waals surface area contributed by atoms with Crippen LogP contribution in [0.2, 0.25) is 0 Å². The number of carbonyl (C=O) groups excluding carboxylic acids is 1. The zero-order valence-electron chi connectivity index (χ0n) is 21.1. The van der Waals surface area contributed by atoms with Crippen molar-refractivity contribution >= 4 is 29.0 Å². The van der Waals surface area contributed by atoms with Gasteiger partial charge < -0.3 is 29.8 Å². The molecule has 1 aromatic carbocycles. The van der Waals surface area contributed by atoms with Crippen LogP contribution in [0.4, 0.5) is 16.4 Å². The Bertz CT molecular complexity index is 1400. The molecule has 3 aromatic rings. The number of nitrogens with one attached hydrogen (secondary N) is 1. The van der Waals surface area contributed by atoms with Gasteiger partial charge in [-0.1, -0.05) is 32.9 Å². The Morgan fingerprint density at radius 2 is 2.05 bits per heavy atom. The highest BCUT2D eigenvalue weighted by Gasteiger charge is 2.49. The lowest BCUT2D eigenvalue weighted by atomic mass is 9.84. The van der Waals surface area contributed by atoms with Gasteiger partial charge in [0.25, 0.3) is 11.2 Å². The number of aliphatic hydroxyl groups excluding tert-OH is 1.